The van der Waals surface area contributed by atoms with Crippen LogP contribution in [0.15, 0.2) is 48.5 Å². The molecule has 0 radical (unpaired) electrons. The van der Waals surface area contributed by atoms with E-state index in [2.05, 4.69) is 26.1 Å². The molecular formula is C21H27NO3. The number of hydrogen-bond acceptors (Lipinski definition) is 3. The molecule has 1 N–H and O–H groups in total. The summed E-state index contributed by atoms with van der Waals surface area (Å²) in [5.74, 6) is 0.498. The van der Waals surface area contributed by atoms with Crippen LogP contribution in [0.5, 0.6) is 5.75 Å². The van der Waals surface area contributed by atoms with Gasteiger partial charge in [0.25, 0.3) is 5.91 Å². The smallest absolute Gasteiger partial charge is 0.265 e. The Hall–Kier alpha value is -2.33. The van der Waals surface area contributed by atoms with Crippen molar-refractivity contribution in [2.24, 2.45) is 0 Å². The van der Waals surface area contributed by atoms with Crippen molar-refractivity contribution < 1.29 is 14.3 Å². The SMILES string of the molecule is COCc1cccc(NC(=O)[C@H](C)Oc2ccc(C(C)(C)C)cc2)c1. The molecule has 0 saturated carbocycles. The molecule has 0 aliphatic rings. The molecule has 0 aliphatic heterocycles. The summed E-state index contributed by atoms with van der Waals surface area (Å²) in [5, 5.41) is 2.88. The number of benzene rings is 2. The molecule has 1 amide bonds. The van der Waals surface area contributed by atoms with E-state index in [-0.39, 0.29) is 11.3 Å². The van der Waals surface area contributed by atoms with Crippen molar-refractivity contribution in [3.63, 3.8) is 0 Å². The van der Waals surface area contributed by atoms with Crippen molar-refractivity contribution in [2.75, 3.05) is 12.4 Å². The van der Waals surface area contributed by atoms with Crippen LogP contribution in [0.2, 0.25) is 0 Å². The predicted molar refractivity (Wildman–Crippen MR) is 101 cm³/mol. The molecule has 0 fully saturated rings. The highest BCUT2D eigenvalue weighted by atomic mass is 16.5. The van der Waals surface area contributed by atoms with E-state index < -0.39 is 6.10 Å². The minimum Gasteiger partial charge on any atom is -0.481 e. The third-order valence-electron chi connectivity index (χ3n) is 3.91. The summed E-state index contributed by atoms with van der Waals surface area (Å²) in [4.78, 5) is 12.3. The molecule has 4 heteroatoms. The number of amides is 1. The summed E-state index contributed by atoms with van der Waals surface area (Å²) >= 11 is 0. The van der Waals surface area contributed by atoms with Gasteiger partial charge in [-0.1, -0.05) is 45.0 Å². The Labute approximate surface area is 150 Å². The van der Waals surface area contributed by atoms with Gasteiger partial charge in [-0.25, -0.2) is 0 Å². The van der Waals surface area contributed by atoms with Crippen molar-refractivity contribution in [1.29, 1.82) is 0 Å². The molecule has 1 atom stereocenters. The molecule has 0 bridgehead atoms. The molecule has 2 aromatic carbocycles. The van der Waals surface area contributed by atoms with Gasteiger partial charge in [-0.3, -0.25) is 4.79 Å². The summed E-state index contributed by atoms with van der Waals surface area (Å²) in [7, 11) is 1.64. The van der Waals surface area contributed by atoms with Crippen LogP contribution in [0.3, 0.4) is 0 Å². The number of anilines is 1. The van der Waals surface area contributed by atoms with Crippen molar-refractivity contribution in [2.45, 2.75) is 45.8 Å². The number of nitrogens with one attached hydrogen (secondary N) is 1. The largest absolute Gasteiger partial charge is 0.481 e. The Bertz CT molecular complexity index is 702. The van der Waals surface area contributed by atoms with Crippen LogP contribution in [-0.4, -0.2) is 19.1 Å². The van der Waals surface area contributed by atoms with Gasteiger partial charge in [-0.05, 0) is 47.7 Å². The fourth-order valence-electron chi connectivity index (χ4n) is 2.44. The molecule has 0 heterocycles. The fraction of sp³-hybridized carbons (Fsp3) is 0.381. The first-order valence-electron chi connectivity index (χ1n) is 8.45. The van der Waals surface area contributed by atoms with Gasteiger partial charge in [-0.15, -0.1) is 0 Å². The Morgan fingerprint density at radius 2 is 1.80 bits per heavy atom. The number of carbonyl (C=O) groups excluding carboxylic acids is 1. The van der Waals surface area contributed by atoms with E-state index >= 15 is 0 Å². The Kier molecular flexibility index (Phi) is 6.21. The van der Waals surface area contributed by atoms with E-state index in [1.165, 1.54) is 5.56 Å². The lowest BCUT2D eigenvalue weighted by Gasteiger charge is -2.20. The average molecular weight is 341 g/mol. The van der Waals surface area contributed by atoms with E-state index in [0.717, 1.165) is 11.3 Å². The molecule has 0 spiro atoms. The molecule has 0 unspecified atom stereocenters. The van der Waals surface area contributed by atoms with E-state index in [1.54, 1.807) is 14.0 Å². The first-order valence-corrected chi connectivity index (χ1v) is 8.45. The standard InChI is InChI=1S/C21H27NO3/c1-15(25-19-11-9-17(10-12-19)21(2,3)4)20(23)22-18-8-6-7-16(13-18)14-24-5/h6-13,15H,14H2,1-5H3,(H,22,23)/t15-/m0/s1. The highest BCUT2D eigenvalue weighted by Gasteiger charge is 2.17. The van der Waals surface area contributed by atoms with Crippen LogP contribution >= 0.6 is 0 Å². The monoisotopic (exact) mass is 341 g/mol. The van der Waals surface area contributed by atoms with Crippen molar-refractivity contribution in [1.82, 2.24) is 0 Å². The predicted octanol–water partition coefficient (Wildman–Crippen LogP) is 4.54. The van der Waals surface area contributed by atoms with Gasteiger partial charge in [0.05, 0.1) is 6.61 Å². The second kappa shape index (κ2) is 8.17. The summed E-state index contributed by atoms with van der Waals surface area (Å²) in [6.07, 6.45) is -0.591. The van der Waals surface area contributed by atoms with Crippen LogP contribution in [0.1, 0.15) is 38.8 Å². The van der Waals surface area contributed by atoms with E-state index in [4.69, 9.17) is 9.47 Å². The highest BCUT2D eigenvalue weighted by molar-refractivity contribution is 5.94. The summed E-state index contributed by atoms with van der Waals surface area (Å²) in [6.45, 7) is 8.74. The molecule has 2 aromatic rings. The molecule has 134 valence electrons. The quantitative estimate of drug-likeness (QED) is 0.839. The second-order valence-electron chi connectivity index (χ2n) is 7.16. The van der Waals surface area contributed by atoms with Crippen LogP contribution in [0.4, 0.5) is 5.69 Å². The van der Waals surface area contributed by atoms with E-state index in [0.29, 0.717) is 12.4 Å². The fourth-order valence-corrected chi connectivity index (χ4v) is 2.44. The lowest BCUT2D eigenvalue weighted by molar-refractivity contribution is -0.122. The number of carbonyl (C=O) groups is 1. The molecule has 2 rings (SSSR count). The molecule has 25 heavy (non-hydrogen) atoms. The maximum atomic E-state index is 12.3. The normalized spacial score (nSPS) is 12.5. The Morgan fingerprint density at radius 3 is 2.40 bits per heavy atom. The number of ether oxygens (including phenoxy) is 2. The van der Waals surface area contributed by atoms with Crippen molar-refractivity contribution >= 4 is 11.6 Å². The second-order valence-corrected chi connectivity index (χ2v) is 7.16. The van der Waals surface area contributed by atoms with Crippen LogP contribution < -0.4 is 10.1 Å². The summed E-state index contributed by atoms with van der Waals surface area (Å²) < 4.78 is 10.9. The van der Waals surface area contributed by atoms with Gasteiger partial charge < -0.3 is 14.8 Å². The number of methoxy groups -OCH3 is 1. The third-order valence-corrected chi connectivity index (χ3v) is 3.91. The van der Waals surface area contributed by atoms with Crippen LogP contribution in [0, 0.1) is 0 Å². The van der Waals surface area contributed by atoms with Gasteiger partial charge >= 0.3 is 0 Å². The van der Waals surface area contributed by atoms with Crippen molar-refractivity contribution in [3.8, 4) is 5.75 Å². The lowest BCUT2D eigenvalue weighted by Crippen LogP contribution is -2.30. The van der Waals surface area contributed by atoms with Crippen LogP contribution in [-0.2, 0) is 21.6 Å². The first kappa shape index (κ1) is 19.0. The maximum Gasteiger partial charge on any atom is 0.265 e. The van der Waals surface area contributed by atoms with Gasteiger partial charge in [-0.2, -0.15) is 0 Å². The average Bonchev–Trinajstić information content (AvgIpc) is 2.55. The lowest BCUT2D eigenvalue weighted by atomic mass is 9.87. The minimum atomic E-state index is -0.591. The van der Waals surface area contributed by atoms with Gasteiger partial charge in [0.2, 0.25) is 0 Å². The topological polar surface area (TPSA) is 47.6 Å². The Morgan fingerprint density at radius 1 is 1.12 bits per heavy atom. The van der Waals surface area contributed by atoms with Gasteiger partial charge in [0.1, 0.15) is 5.75 Å². The van der Waals surface area contributed by atoms with Crippen LogP contribution in [0.25, 0.3) is 0 Å². The van der Waals surface area contributed by atoms with E-state index in [9.17, 15) is 4.79 Å². The van der Waals surface area contributed by atoms with Crippen molar-refractivity contribution in [3.05, 3.63) is 59.7 Å². The molecule has 0 aromatic heterocycles. The summed E-state index contributed by atoms with van der Waals surface area (Å²) in [5.41, 5.74) is 3.06. The molecule has 0 aliphatic carbocycles. The Balaban J connectivity index is 1.97. The van der Waals surface area contributed by atoms with E-state index in [1.807, 2.05) is 48.5 Å². The zero-order valence-electron chi connectivity index (χ0n) is 15.6. The third kappa shape index (κ3) is 5.61. The highest BCUT2D eigenvalue weighted by Crippen LogP contribution is 2.24. The molecule has 0 saturated heterocycles. The minimum absolute atomic E-state index is 0.0920. The number of hydrogen-bond donors (Lipinski definition) is 1. The number of rotatable bonds is 6. The first-order chi connectivity index (χ1) is 11.8. The van der Waals surface area contributed by atoms with Gasteiger partial charge in [0.15, 0.2) is 6.10 Å². The van der Waals surface area contributed by atoms with Gasteiger partial charge in [0, 0.05) is 12.8 Å². The molecule has 4 nitrogen and oxygen atoms in total. The zero-order valence-corrected chi connectivity index (χ0v) is 15.6. The zero-order chi connectivity index (χ0) is 18.4. The summed E-state index contributed by atoms with van der Waals surface area (Å²) in [6, 6.07) is 15.5. The maximum absolute atomic E-state index is 12.3. The molecular weight excluding hydrogens is 314 g/mol.